The standard InChI is InChI=1S/C10H23N3O3S/c1-10(2,3)13-9(14)5-7-12-17(15,16)8-4-6-11/h12H,4-8,11H2,1-3H3,(H,13,14). The number of hydrogen-bond acceptors (Lipinski definition) is 4. The molecule has 7 heteroatoms. The lowest BCUT2D eigenvalue weighted by Gasteiger charge is -2.20. The second-order valence-corrected chi connectivity index (χ2v) is 6.83. The second-order valence-electron chi connectivity index (χ2n) is 4.90. The lowest BCUT2D eigenvalue weighted by Crippen LogP contribution is -2.42. The molecule has 0 rings (SSSR count). The Morgan fingerprint density at radius 3 is 2.35 bits per heavy atom. The van der Waals surface area contributed by atoms with Crippen molar-refractivity contribution in [2.24, 2.45) is 5.73 Å². The van der Waals surface area contributed by atoms with Crippen LogP contribution in [-0.4, -0.2) is 38.7 Å². The molecule has 0 aliphatic carbocycles. The molecule has 0 bridgehead atoms. The van der Waals surface area contributed by atoms with E-state index in [-0.39, 0.29) is 30.2 Å². The quantitative estimate of drug-likeness (QED) is 0.581. The predicted molar refractivity (Wildman–Crippen MR) is 68.0 cm³/mol. The summed E-state index contributed by atoms with van der Waals surface area (Å²) in [4.78, 5) is 11.4. The molecule has 0 radical (unpaired) electrons. The van der Waals surface area contributed by atoms with E-state index in [1.807, 2.05) is 20.8 Å². The molecule has 1 amide bonds. The van der Waals surface area contributed by atoms with Gasteiger partial charge in [-0.1, -0.05) is 0 Å². The summed E-state index contributed by atoms with van der Waals surface area (Å²) in [6.07, 6.45) is 0.558. The van der Waals surface area contributed by atoms with Gasteiger partial charge in [-0.3, -0.25) is 4.79 Å². The average Bonchev–Trinajstić information content (AvgIpc) is 2.11. The minimum Gasteiger partial charge on any atom is -0.351 e. The normalized spacial score (nSPS) is 12.5. The Morgan fingerprint density at radius 2 is 1.88 bits per heavy atom. The van der Waals surface area contributed by atoms with Crippen molar-refractivity contribution in [3.05, 3.63) is 0 Å². The smallest absolute Gasteiger partial charge is 0.221 e. The molecule has 0 spiro atoms. The van der Waals surface area contributed by atoms with Crippen LogP contribution in [0.25, 0.3) is 0 Å². The number of nitrogens with one attached hydrogen (secondary N) is 2. The maximum atomic E-state index is 11.4. The Morgan fingerprint density at radius 1 is 1.29 bits per heavy atom. The Bertz CT molecular complexity index is 333. The van der Waals surface area contributed by atoms with E-state index in [2.05, 4.69) is 10.0 Å². The molecular formula is C10H23N3O3S. The predicted octanol–water partition coefficient (Wildman–Crippen LogP) is -0.441. The van der Waals surface area contributed by atoms with E-state index in [9.17, 15) is 13.2 Å². The van der Waals surface area contributed by atoms with Gasteiger partial charge in [0.25, 0.3) is 0 Å². The van der Waals surface area contributed by atoms with Crippen molar-refractivity contribution < 1.29 is 13.2 Å². The van der Waals surface area contributed by atoms with E-state index in [4.69, 9.17) is 5.73 Å². The van der Waals surface area contributed by atoms with Crippen molar-refractivity contribution in [2.45, 2.75) is 39.2 Å². The van der Waals surface area contributed by atoms with Crippen molar-refractivity contribution in [3.8, 4) is 0 Å². The van der Waals surface area contributed by atoms with Crippen molar-refractivity contribution >= 4 is 15.9 Å². The molecule has 0 fully saturated rings. The third-order valence-corrected chi connectivity index (χ3v) is 3.28. The summed E-state index contributed by atoms with van der Waals surface area (Å²) in [7, 11) is -3.29. The molecule has 0 unspecified atom stereocenters. The largest absolute Gasteiger partial charge is 0.351 e. The zero-order valence-electron chi connectivity index (χ0n) is 10.7. The Kier molecular flexibility index (Phi) is 6.66. The molecule has 6 nitrogen and oxygen atoms in total. The first-order valence-electron chi connectivity index (χ1n) is 5.65. The summed E-state index contributed by atoms with van der Waals surface area (Å²) < 4.78 is 25.1. The number of amides is 1. The third-order valence-electron chi connectivity index (χ3n) is 1.81. The second kappa shape index (κ2) is 6.93. The highest BCUT2D eigenvalue weighted by atomic mass is 32.2. The van der Waals surface area contributed by atoms with E-state index < -0.39 is 10.0 Å². The summed E-state index contributed by atoms with van der Waals surface area (Å²) >= 11 is 0. The first-order chi connectivity index (χ1) is 7.66. The van der Waals surface area contributed by atoms with Crippen LogP contribution in [0.5, 0.6) is 0 Å². The number of carbonyl (C=O) groups excluding carboxylic acids is 1. The number of sulfonamides is 1. The van der Waals surface area contributed by atoms with Crippen LogP contribution in [0.3, 0.4) is 0 Å². The molecule has 17 heavy (non-hydrogen) atoms. The number of hydrogen-bond donors (Lipinski definition) is 3. The van der Waals surface area contributed by atoms with E-state index in [1.165, 1.54) is 0 Å². The van der Waals surface area contributed by atoms with Gasteiger partial charge in [-0.2, -0.15) is 0 Å². The molecule has 0 heterocycles. The summed E-state index contributed by atoms with van der Waals surface area (Å²) in [5.41, 5.74) is 4.93. The van der Waals surface area contributed by atoms with Gasteiger partial charge >= 0.3 is 0 Å². The lowest BCUT2D eigenvalue weighted by molar-refractivity contribution is -0.122. The van der Waals surface area contributed by atoms with Crippen molar-refractivity contribution in [3.63, 3.8) is 0 Å². The third kappa shape index (κ3) is 10.2. The van der Waals surface area contributed by atoms with Gasteiger partial charge < -0.3 is 11.1 Å². The van der Waals surface area contributed by atoms with Crippen LogP contribution in [0, 0.1) is 0 Å². The molecule has 0 aliphatic rings. The van der Waals surface area contributed by atoms with E-state index in [1.54, 1.807) is 0 Å². The SMILES string of the molecule is CC(C)(C)NC(=O)CCNS(=O)(=O)CCCN. The fourth-order valence-electron chi connectivity index (χ4n) is 1.15. The highest BCUT2D eigenvalue weighted by Crippen LogP contribution is 1.98. The molecule has 0 saturated heterocycles. The van der Waals surface area contributed by atoms with Gasteiger partial charge in [0.2, 0.25) is 15.9 Å². The van der Waals surface area contributed by atoms with E-state index >= 15 is 0 Å². The zero-order valence-corrected chi connectivity index (χ0v) is 11.6. The van der Waals surface area contributed by atoms with Crippen LogP contribution in [0.4, 0.5) is 0 Å². The summed E-state index contributed by atoms with van der Waals surface area (Å²) in [5.74, 6) is -0.163. The van der Waals surface area contributed by atoms with Gasteiger partial charge in [-0.05, 0) is 33.7 Å². The fourth-order valence-corrected chi connectivity index (χ4v) is 2.25. The molecule has 102 valence electrons. The minimum absolute atomic E-state index is 0.00436. The molecular weight excluding hydrogens is 242 g/mol. The van der Waals surface area contributed by atoms with Crippen molar-refractivity contribution in [2.75, 3.05) is 18.8 Å². The summed E-state index contributed by atoms with van der Waals surface area (Å²) in [6.45, 7) is 6.07. The average molecular weight is 265 g/mol. The Labute approximate surface area is 103 Å². The van der Waals surface area contributed by atoms with Crippen LogP contribution in [0.1, 0.15) is 33.6 Å². The number of rotatable bonds is 7. The fraction of sp³-hybridized carbons (Fsp3) is 0.900. The monoisotopic (exact) mass is 265 g/mol. The maximum absolute atomic E-state index is 11.4. The van der Waals surface area contributed by atoms with Gasteiger partial charge in [0.05, 0.1) is 5.75 Å². The lowest BCUT2D eigenvalue weighted by atomic mass is 10.1. The number of carbonyl (C=O) groups is 1. The first-order valence-corrected chi connectivity index (χ1v) is 7.30. The van der Waals surface area contributed by atoms with Gasteiger partial charge in [-0.25, -0.2) is 13.1 Å². The molecule has 0 aromatic carbocycles. The van der Waals surface area contributed by atoms with Crippen LogP contribution < -0.4 is 15.8 Å². The van der Waals surface area contributed by atoms with Gasteiger partial charge in [0.1, 0.15) is 0 Å². The Balaban J connectivity index is 3.88. The van der Waals surface area contributed by atoms with Crippen LogP contribution >= 0.6 is 0 Å². The highest BCUT2D eigenvalue weighted by Gasteiger charge is 2.14. The van der Waals surface area contributed by atoms with E-state index in [0.717, 1.165) is 0 Å². The van der Waals surface area contributed by atoms with Crippen molar-refractivity contribution in [1.82, 2.24) is 10.0 Å². The van der Waals surface area contributed by atoms with Gasteiger partial charge in [-0.15, -0.1) is 0 Å². The maximum Gasteiger partial charge on any atom is 0.221 e. The van der Waals surface area contributed by atoms with Crippen LogP contribution in [0.2, 0.25) is 0 Å². The highest BCUT2D eigenvalue weighted by molar-refractivity contribution is 7.89. The summed E-state index contributed by atoms with van der Waals surface area (Å²) in [5, 5.41) is 2.75. The first kappa shape index (κ1) is 16.3. The zero-order chi connectivity index (χ0) is 13.5. The topological polar surface area (TPSA) is 101 Å². The van der Waals surface area contributed by atoms with Crippen LogP contribution in [0.15, 0.2) is 0 Å². The van der Waals surface area contributed by atoms with Gasteiger partial charge in [0.15, 0.2) is 0 Å². The molecule has 0 aliphatic heterocycles. The van der Waals surface area contributed by atoms with E-state index in [0.29, 0.717) is 13.0 Å². The molecule has 0 atom stereocenters. The number of nitrogens with two attached hydrogens (primary N) is 1. The molecule has 4 N–H and O–H groups in total. The summed E-state index contributed by atoms with van der Waals surface area (Å²) in [6, 6.07) is 0. The Hall–Kier alpha value is -0.660. The minimum atomic E-state index is -3.29. The molecule has 0 aromatic rings. The van der Waals surface area contributed by atoms with Crippen molar-refractivity contribution in [1.29, 1.82) is 0 Å². The molecule has 0 aromatic heterocycles. The van der Waals surface area contributed by atoms with Gasteiger partial charge in [0, 0.05) is 18.5 Å². The van der Waals surface area contributed by atoms with Crippen LogP contribution in [-0.2, 0) is 14.8 Å². The molecule has 0 saturated carbocycles.